The molecule has 1 amide bonds. The summed E-state index contributed by atoms with van der Waals surface area (Å²) in [6.45, 7) is 6.93. The highest BCUT2D eigenvalue weighted by atomic mass is 127. The minimum atomic E-state index is -0.324. The minimum absolute atomic E-state index is 0. The van der Waals surface area contributed by atoms with Gasteiger partial charge in [0.25, 0.3) is 5.91 Å². The molecule has 24 heavy (non-hydrogen) atoms. The van der Waals surface area contributed by atoms with Gasteiger partial charge in [0.05, 0.1) is 6.54 Å². The van der Waals surface area contributed by atoms with Crippen molar-refractivity contribution in [3.05, 3.63) is 29.8 Å². The number of nitrogens with one attached hydrogen (secondary N) is 1. The normalized spacial score (nSPS) is 17.2. The van der Waals surface area contributed by atoms with Crippen molar-refractivity contribution in [2.24, 2.45) is 10.7 Å². The molecule has 1 fully saturated rings. The van der Waals surface area contributed by atoms with E-state index in [2.05, 4.69) is 10.3 Å². The Bertz CT molecular complexity index is 555. The number of nitrogens with zero attached hydrogens (tertiary/aromatic N) is 2. The first kappa shape index (κ1) is 20.7. The van der Waals surface area contributed by atoms with Crippen molar-refractivity contribution in [2.45, 2.75) is 39.3 Å². The van der Waals surface area contributed by atoms with Crippen LogP contribution in [0.2, 0.25) is 0 Å². The molecule has 0 bridgehead atoms. The number of ether oxygens (including phenoxy) is 1. The molecule has 0 saturated carbocycles. The van der Waals surface area contributed by atoms with Crippen molar-refractivity contribution < 1.29 is 9.53 Å². The monoisotopic (exact) mass is 446 g/mol. The zero-order valence-electron chi connectivity index (χ0n) is 14.3. The molecular formula is C17H27IN4O2. The molecule has 1 saturated heterocycles. The molecule has 7 heteroatoms. The van der Waals surface area contributed by atoms with E-state index in [1.54, 1.807) is 0 Å². The Morgan fingerprint density at radius 3 is 2.79 bits per heavy atom. The maximum Gasteiger partial charge on any atom is 0.253 e. The third-order valence-corrected chi connectivity index (χ3v) is 3.93. The zero-order valence-corrected chi connectivity index (χ0v) is 16.7. The van der Waals surface area contributed by atoms with Gasteiger partial charge in [0, 0.05) is 25.4 Å². The van der Waals surface area contributed by atoms with Gasteiger partial charge >= 0.3 is 0 Å². The summed E-state index contributed by atoms with van der Waals surface area (Å²) in [5.74, 6) is 0.467. The fraction of sp³-hybridized carbons (Fsp3) is 0.529. The summed E-state index contributed by atoms with van der Waals surface area (Å²) in [6.07, 6.45) is 1.41. The lowest BCUT2D eigenvalue weighted by molar-refractivity contribution is -0.124. The summed E-state index contributed by atoms with van der Waals surface area (Å²) in [6, 6.07) is 7.67. The molecule has 134 valence electrons. The van der Waals surface area contributed by atoms with Crippen molar-refractivity contribution in [3.8, 4) is 0 Å². The van der Waals surface area contributed by atoms with E-state index in [0.29, 0.717) is 19.1 Å². The van der Waals surface area contributed by atoms with E-state index < -0.39 is 0 Å². The van der Waals surface area contributed by atoms with Gasteiger partial charge in [-0.1, -0.05) is 12.1 Å². The first-order chi connectivity index (χ1) is 11.1. The van der Waals surface area contributed by atoms with Crippen LogP contribution in [0.25, 0.3) is 0 Å². The summed E-state index contributed by atoms with van der Waals surface area (Å²) >= 11 is 0. The van der Waals surface area contributed by atoms with E-state index in [9.17, 15) is 4.79 Å². The molecule has 1 unspecified atom stereocenters. The molecule has 0 aromatic heterocycles. The van der Waals surface area contributed by atoms with Gasteiger partial charge in [-0.15, -0.1) is 24.0 Å². The number of aliphatic imine (C=N–C) groups is 1. The lowest BCUT2D eigenvalue weighted by Crippen LogP contribution is -2.37. The predicted molar refractivity (Wildman–Crippen MR) is 108 cm³/mol. The van der Waals surface area contributed by atoms with Crippen LogP contribution < -0.4 is 11.1 Å². The molecule has 6 nitrogen and oxygen atoms in total. The summed E-state index contributed by atoms with van der Waals surface area (Å²) in [5, 5.41) is 2.90. The number of benzene rings is 1. The molecule has 0 spiro atoms. The van der Waals surface area contributed by atoms with Gasteiger partial charge in [-0.25, -0.2) is 4.99 Å². The third-order valence-electron chi connectivity index (χ3n) is 3.93. The Kier molecular flexibility index (Phi) is 9.05. The Morgan fingerprint density at radius 2 is 2.17 bits per heavy atom. The fourth-order valence-corrected chi connectivity index (χ4v) is 2.57. The Labute approximate surface area is 160 Å². The second-order valence-electron chi connectivity index (χ2n) is 5.54. The first-order valence-corrected chi connectivity index (χ1v) is 8.20. The Morgan fingerprint density at radius 1 is 1.42 bits per heavy atom. The van der Waals surface area contributed by atoms with Crippen molar-refractivity contribution >= 4 is 41.5 Å². The predicted octanol–water partition coefficient (Wildman–Crippen LogP) is 2.58. The van der Waals surface area contributed by atoms with E-state index in [1.165, 1.54) is 0 Å². The molecule has 0 aliphatic carbocycles. The molecule has 1 aliphatic rings. The number of guanidine groups is 1. The number of anilines is 1. The number of rotatable bonds is 6. The van der Waals surface area contributed by atoms with Crippen molar-refractivity contribution in [2.75, 3.05) is 25.0 Å². The Balaban J connectivity index is 0.00000288. The van der Waals surface area contributed by atoms with Crippen LogP contribution in [0.3, 0.4) is 0 Å². The highest BCUT2D eigenvalue weighted by molar-refractivity contribution is 14.0. The number of hydrogen-bond donors (Lipinski definition) is 2. The lowest BCUT2D eigenvalue weighted by Gasteiger charge is -2.19. The summed E-state index contributed by atoms with van der Waals surface area (Å²) < 4.78 is 5.39. The second-order valence-corrected chi connectivity index (χ2v) is 5.54. The number of carbonyl (C=O) groups excluding carboxylic acids is 1. The summed E-state index contributed by atoms with van der Waals surface area (Å²) in [4.78, 5) is 18.5. The maximum atomic E-state index is 12.1. The van der Waals surface area contributed by atoms with Crippen LogP contribution in [-0.2, 0) is 16.1 Å². The molecule has 2 rings (SSSR count). The van der Waals surface area contributed by atoms with Gasteiger partial charge in [0.15, 0.2) is 5.96 Å². The number of halogens is 1. The van der Waals surface area contributed by atoms with Crippen LogP contribution in [0.15, 0.2) is 29.3 Å². The number of hydrogen-bond acceptors (Lipinski definition) is 3. The van der Waals surface area contributed by atoms with Crippen molar-refractivity contribution in [1.82, 2.24) is 4.90 Å². The number of amides is 1. The number of carbonyl (C=O) groups is 1. The van der Waals surface area contributed by atoms with Gasteiger partial charge in [-0.2, -0.15) is 0 Å². The molecule has 1 heterocycles. The Hall–Kier alpha value is -1.35. The van der Waals surface area contributed by atoms with Gasteiger partial charge in [0.2, 0.25) is 0 Å². The molecular weight excluding hydrogens is 419 g/mol. The van der Waals surface area contributed by atoms with Crippen molar-refractivity contribution in [3.63, 3.8) is 0 Å². The lowest BCUT2D eigenvalue weighted by atomic mass is 10.2. The SMILES string of the molecule is CCN(CC)C(N)=NCc1cccc(NC(=O)C2CCCO2)c1.I. The van der Waals surface area contributed by atoms with Gasteiger partial charge < -0.3 is 20.7 Å². The average Bonchev–Trinajstić information content (AvgIpc) is 3.09. The number of nitrogens with two attached hydrogens (primary N) is 1. The van der Waals surface area contributed by atoms with Crippen LogP contribution in [0.5, 0.6) is 0 Å². The van der Waals surface area contributed by atoms with E-state index in [-0.39, 0.29) is 36.0 Å². The molecule has 1 aliphatic heterocycles. The van der Waals surface area contributed by atoms with E-state index >= 15 is 0 Å². The van der Waals surface area contributed by atoms with Crippen LogP contribution in [0, 0.1) is 0 Å². The van der Waals surface area contributed by atoms with E-state index in [0.717, 1.165) is 37.2 Å². The minimum Gasteiger partial charge on any atom is -0.370 e. The van der Waals surface area contributed by atoms with Crippen LogP contribution in [-0.4, -0.2) is 42.6 Å². The molecule has 1 atom stereocenters. The quantitative estimate of drug-likeness (QED) is 0.400. The molecule has 0 radical (unpaired) electrons. The summed E-state index contributed by atoms with van der Waals surface area (Å²) in [7, 11) is 0. The first-order valence-electron chi connectivity index (χ1n) is 8.20. The van der Waals surface area contributed by atoms with Gasteiger partial charge in [0.1, 0.15) is 6.10 Å². The standard InChI is InChI=1S/C17H26N4O2.HI/c1-3-21(4-2)17(18)19-12-13-7-5-8-14(11-13)20-16(22)15-9-6-10-23-15;/h5,7-8,11,15H,3-4,6,9-10,12H2,1-2H3,(H2,18,19)(H,20,22);1H. The second kappa shape index (κ2) is 10.5. The highest BCUT2D eigenvalue weighted by Crippen LogP contribution is 2.16. The largest absolute Gasteiger partial charge is 0.370 e. The summed E-state index contributed by atoms with van der Waals surface area (Å²) in [5.41, 5.74) is 7.75. The molecule has 1 aromatic rings. The van der Waals surface area contributed by atoms with Crippen molar-refractivity contribution in [1.29, 1.82) is 0 Å². The maximum absolute atomic E-state index is 12.1. The zero-order chi connectivity index (χ0) is 16.7. The van der Waals surface area contributed by atoms with E-state index in [4.69, 9.17) is 10.5 Å². The fourth-order valence-electron chi connectivity index (χ4n) is 2.57. The molecule has 1 aromatic carbocycles. The van der Waals surface area contributed by atoms with Crippen LogP contribution >= 0.6 is 24.0 Å². The van der Waals surface area contributed by atoms with Gasteiger partial charge in [-0.05, 0) is 44.4 Å². The van der Waals surface area contributed by atoms with E-state index in [1.807, 2.05) is 43.0 Å². The smallest absolute Gasteiger partial charge is 0.253 e. The van der Waals surface area contributed by atoms with Crippen LogP contribution in [0.1, 0.15) is 32.3 Å². The van der Waals surface area contributed by atoms with Gasteiger partial charge in [-0.3, -0.25) is 4.79 Å². The highest BCUT2D eigenvalue weighted by Gasteiger charge is 2.23. The topological polar surface area (TPSA) is 80.0 Å². The third kappa shape index (κ3) is 5.94. The average molecular weight is 446 g/mol. The molecule has 3 N–H and O–H groups in total. The van der Waals surface area contributed by atoms with Crippen LogP contribution in [0.4, 0.5) is 5.69 Å².